The van der Waals surface area contributed by atoms with Crippen molar-refractivity contribution < 1.29 is 17.6 Å². The van der Waals surface area contributed by atoms with Crippen molar-refractivity contribution in [1.29, 1.82) is 0 Å². The van der Waals surface area contributed by atoms with Crippen LogP contribution in [0, 0.1) is 6.92 Å². The van der Waals surface area contributed by atoms with Crippen molar-refractivity contribution in [1.82, 2.24) is 14.5 Å². The van der Waals surface area contributed by atoms with Crippen LogP contribution in [-0.2, 0) is 10.0 Å². The van der Waals surface area contributed by atoms with Crippen molar-refractivity contribution >= 4 is 15.9 Å². The number of hydrogen-bond donors (Lipinski definition) is 1. The first-order valence-corrected chi connectivity index (χ1v) is 7.58. The molecule has 0 aliphatic rings. The van der Waals surface area contributed by atoms with Crippen LogP contribution in [0.5, 0.6) is 0 Å². The maximum atomic E-state index is 12.1. The minimum atomic E-state index is -3.61. The van der Waals surface area contributed by atoms with E-state index in [4.69, 9.17) is 4.42 Å². The van der Waals surface area contributed by atoms with E-state index < -0.39 is 10.0 Å². The molecule has 1 N–H and O–H groups in total. The van der Waals surface area contributed by atoms with Gasteiger partial charge < -0.3 is 14.6 Å². The molecule has 0 aliphatic heterocycles. The highest BCUT2D eigenvalue weighted by Gasteiger charge is 2.26. The fourth-order valence-electron chi connectivity index (χ4n) is 1.59. The Kier molecular flexibility index (Phi) is 5.32. The number of carbonyl (C=O) groups excluding carboxylic acids is 1. The predicted molar refractivity (Wildman–Crippen MR) is 75.2 cm³/mol. The molecule has 0 saturated carbocycles. The number of furan rings is 1. The number of nitrogens with one attached hydrogen (secondary N) is 1. The average molecular weight is 303 g/mol. The average Bonchev–Trinajstić information content (AvgIpc) is 2.77. The van der Waals surface area contributed by atoms with Crippen LogP contribution in [0.1, 0.15) is 16.3 Å². The number of aryl methyl sites for hydroxylation is 1. The molecule has 1 rings (SSSR count). The summed E-state index contributed by atoms with van der Waals surface area (Å²) in [7, 11) is 2.68. The highest BCUT2D eigenvalue weighted by Crippen LogP contribution is 2.23. The van der Waals surface area contributed by atoms with Crippen molar-refractivity contribution in [3.8, 4) is 0 Å². The third-order valence-corrected chi connectivity index (χ3v) is 4.81. The Morgan fingerprint density at radius 3 is 2.45 bits per heavy atom. The van der Waals surface area contributed by atoms with Crippen LogP contribution in [0.15, 0.2) is 15.4 Å². The predicted octanol–water partition coefficient (Wildman–Crippen LogP) is 0.130. The number of rotatable bonds is 6. The molecule has 1 aromatic rings. The normalized spacial score (nSPS) is 11.9. The van der Waals surface area contributed by atoms with Crippen molar-refractivity contribution in [3.63, 3.8) is 0 Å². The van der Waals surface area contributed by atoms with E-state index in [9.17, 15) is 13.2 Å². The first-order valence-electron chi connectivity index (χ1n) is 6.14. The molecule has 0 atom stereocenters. The van der Waals surface area contributed by atoms with Gasteiger partial charge in [0.05, 0.1) is 0 Å². The summed E-state index contributed by atoms with van der Waals surface area (Å²) in [6, 6.07) is 1.28. The molecule has 114 valence electrons. The molecule has 0 saturated heterocycles. The molecular weight excluding hydrogens is 282 g/mol. The van der Waals surface area contributed by atoms with Gasteiger partial charge in [0, 0.05) is 40.3 Å². The molecule has 20 heavy (non-hydrogen) atoms. The van der Waals surface area contributed by atoms with E-state index in [-0.39, 0.29) is 22.3 Å². The van der Waals surface area contributed by atoms with Gasteiger partial charge in [-0.25, -0.2) is 12.7 Å². The van der Waals surface area contributed by atoms with Gasteiger partial charge >= 0.3 is 0 Å². The summed E-state index contributed by atoms with van der Waals surface area (Å²) in [4.78, 5) is 13.6. The van der Waals surface area contributed by atoms with Gasteiger partial charge in [0.15, 0.2) is 5.76 Å². The van der Waals surface area contributed by atoms with E-state index >= 15 is 0 Å². The molecule has 0 bridgehead atoms. The van der Waals surface area contributed by atoms with E-state index in [0.29, 0.717) is 13.1 Å². The number of nitrogens with zero attached hydrogens (tertiary/aromatic N) is 2. The number of sulfonamides is 1. The summed E-state index contributed by atoms with van der Waals surface area (Å²) in [6.45, 7) is 2.68. The second kappa shape index (κ2) is 6.38. The molecule has 0 aromatic carbocycles. The smallest absolute Gasteiger partial charge is 0.289 e. The number of likely N-dealkylation sites (N-methyl/N-ethyl adjacent to an activating group) is 2. The molecule has 8 heteroatoms. The SMILES string of the molecule is CNCCN(C)C(=O)c1cc(S(=O)(=O)N(C)C)c(C)o1. The Balaban J connectivity index is 3.04. The van der Waals surface area contributed by atoms with Gasteiger partial charge in [-0.05, 0) is 14.0 Å². The van der Waals surface area contributed by atoms with Gasteiger partial charge in [-0.1, -0.05) is 0 Å². The van der Waals surface area contributed by atoms with Crippen molar-refractivity contribution in [2.75, 3.05) is 41.3 Å². The Morgan fingerprint density at radius 2 is 1.95 bits per heavy atom. The second-order valence-electron chi connectivity index (χ2n) is 4.65. The molecule has 0 aliphatic carbocycles. The summed E-state index contributed by atoms with van der Waals surface area (Å²) in [5.41, 5.74) is 0. The van der Waals surface area contributed by atoms with Crippen LogP contribution in [0.4, 0.5) is 0 Å². The number of hydrogen-bond acceptors (Lipinski definition) is 5. The number of amides is 1. The Labute approximate surface area is 119 Å². The maximum absolute atomic E-state index is 12.1. The zero-order chi connectivity index (χ0) is 15.5. The summed E-state index contributed by atoms with van der Waals surface area (Å²) in [5.74, 6) is -0.103. The lowest BCUT2D eigenvalue weighted by molar-refractivity contribution is 0.0764. The lowest BCUT2D eigenvalue weighted by atomic mass is 10.4. The first-order chi connectivity index (χ1) is 9.21. The van der Waals surface area contributed by atoms with Gasteiger partial charge in [0.1, 0.15) is 10.7 Å². The van der Waals surface area contributed by atoms with Crippen LogP contribution < -0.4 is 5.32 Å². The minimum Gasteiger partial charge on any atom is -0.455 e. The fraction of sp³-hybridized carbons (Fsp3) is 0.583. The van der Waals surface area contributed by atoms with E-state index in [1.165, 1.54) is 32.0 Å². The molecule has 0 fully saturated rings. The van der Waals surface area contributed by atoms with E-state index in [0.717, 1.165) is 4.31 Å². The molecular formula is C12H21N3O4S. The van der Waals surface area contributed by atoms with E-state index in [1.54, 1.807) is 14.1 Å². The lowest BCUT2D eigenvalue weighted by Gasteiger charge is -2.14. The standard InChI is InChI=1S/C12H21N3O4S/c1-9-11(20(17,18)14(3)4)8-10(19-9)12(16)15(5)7-6-13-2/h8,13H,6-7H2,1-5H3. The largest absolute Gasteiger partial charge is 0.455 e. The summed E-state index contributed by atoms with van der Waals surface area (Å²) >= 11 is 0. The summed E-state index contributed by atoms with van der Waals surface area (Å²) < 4.78 is 30.5. The molecule has 0 spiro atoms. The van der Waals surface area contributed by atoms with E-state index in [1.807, 2.05) is 0 Å². The van der Waals surface area contributed by atoms with Crippen LogP contribution in [0.3, 0.4) is 0 Å². The Hall–Kier alpha value is -1.38. The van der Waals surface area contributed by atoms with Crippen molar-refractivity contribution in [2.24, 2.45) is 0 Å². The van der Waals surface area contributed by atoms with Crippen LogP contribution in [0.2, 0.25) is 0 Å². The van der Waals surface area contributed by atoms with Crippen LogP contribution in [0.25, 0.3) is 0 Å². The lowest BCUT2D eigenvalue weighted by Crippen LogP contribution is -2.32. The van der Waals surface area contributed by atoms with Gasteiger partial charge in [-0.2, -0.15) is 0 Å². The Bertz CT molecular complexity index is 578. The topological polar surface area (TPSA) is 82.9 Å². The van der Waals surface area contributed by atoms with Crippen molar-refractivity contribution in [2.45, 2.75) is 11.8 Å². The summed E-state index contributed by atoms with van der Waals surface area (Å²) in [5, 5.41) is 2.93. The zero-order valence-corrected chi connectivity index (χ0v) is 13.2. The van der Waals surface area contributed by atoms with Gasteiger partial charge in [0.25, 0.3) is 5.91 Å². The maximum Gasteiger partial charge on any atom is 0.289 e. The summed E-state index contributed by atoms with van der Waals surface area (Å²) in [6.07, 6.45) is 0. The van der Waals surface area contributed by atoms with Crippen molar-refractivity contribution in [3.05, 3.63) is 17.6 Å². The molecule has 7 nitrogen and oxygen atoms in total. The second-order valence-corrected chi connectivity index (χ2v) is 6.77. The molecule has 1 aromatic heterocycles. The van der Waals surface area contributed by atoms with Crippen LogP contribution >= 0.6 is 0 Å². The third-order valence-electron chi connectivity index (χ3n) is 2.89. The third kappa shape index (κ3) is 3.38. The zero-order valence-electron chi connectivity index (χ0n) is 12.4. The number of carbonyl (C=O) groups is 1. The molecule has 1 amide bonds. The first kappa shape index (κ1) is 16.7. The highest BCUT2D eigenvalue weighted by atomic mass is 32.2. The van der Waals surface area contributed by atoms with Gasteiger partial charge in [-0.3, -0.25) is 4.79 Å². The molecule has 1 heterocycles. The monoisotopic (exact) mass is 303 g/mol. The molecule has 0 unspecified atom stereocenters. The minimum absolute atomic E-state index is 0.0212. The Morgan fingerprint density at radius 1 is 1.35 bits per heavy atom. The quantitative estimate of drug-likeness (QED) is 0.807. The highest BCUT2D eigenvalue weighted by molar-refractivity contribution is 7.89. The molecule has 0 radical (unpaired) electrons. The van der Waals surface area contributed by atoms with Gasteiger partial charge in [-0.15, -0.1) is 0 Å². The van der Waals surface area contributed by atoms with E-state index in [2.05, 4.69) is 5.32 Å². The fourth-order valence-corrected chi connectivity index (χ4v) is 2.65. The van der Waals surface area contributed by atoms with Crippen LogP contribution in [-0.4, -0.2) is 64.8 Å². The van der Waals surface area contributed by atoms with Gasteiger partial charge in [0.2, 0.25) is 10.0 Å².